The van der Waals surface area contributed by atoms with Crippen LogP contribution in [-0.2, 0) is 5.41 Å². The Morgan fingerprint density at radius 2 is 1.63 bits per heavy atom. The van der Waals surface area contributed by atoms with Gasteiger partial charge in [-0.25, -0.2) is 0 Å². The number of aromatic nitrogens is 1. The van der Waals surface area contributed by atoms with Crippen LogP contribution in [0.15, 0.2) is 60.7 Å². The Labute approximate surface area is 158 Å². The molecule has 3 aromatic rings. The van der Waals surface area contributed by atoms with Gasteiger partial charge in [-0.3, -0.25) is 15.1 Å². The van der Waals surface area contributed by atoms with Gasteiger partial charge in [0.1, 0.15) is 6.07 Å². The second-order valence-electron chi connectivity index (χ2n) is 7.31. The second kappa shape index (κ2) is 7.00. The first-order valence-corrected chi connectivity index (χ1v) is 8.57. The van der Waals surface area contributed by atoms with Gasteiger partial charge in [0, 0.05) is 28.7 Å². The molecule has 2 aromatic carbocycles. The summed E-state index contributed by atoms with van der Waals surface area (Å²) in [7, 11) is 0. The van der Waals surface area contributed by atoms with Crippen LogP contribution < -0.4 is 0 Å². The fourth-order valence-electron chi connectivity index (χ4n) is 2.95. The Morgan fingerprint density at radius 1 is 1.00 bits per heavy atom. The zero-order valence-electron chi connectivity index (χ0n) is 15.4. The molecule has 0 saturated carbocycles. The van der Waals surface area contributed by atoms with E-state index in [-0.39, 0.29) is 11.1 Å². The molecule has 0 unspecified atom stereocenters. The van der Waals surface area contributed by atoms with Gasteiger partial charge in [0.2, 0.25) is 0 Å². The van der Waals surface area contributed by atoms with E-state index in [9.17, 15) is 15.4 Å². The normalized spacial score (nSPS) is 11.0. The number of nitro groups is 1. The molecule has 134 valence electrons. The molecule has 27 heavy (non-hydrogen) atoms. The average molecular weight is 357 g/mol. The zero-order chi connectivity index (χ0) is 19.6. The van der Waals surface area contributed by atoms with Crippen LogP contribution in [0, 0.1) is 21.4 Å². The van der Waals surface area contributed by atoms with Crippen LogP contribution in [-0.4, -0.2) is 9.91 Å². The van der Waals surface area contributed by atoms with Gasteiger partial charge in [0.05, 0.1) is 21.9 Å². The molecule has 3 rings (SSSR count). The molecule has 0 radical (unpaired) electrons. The van der Waals surface area contributed by atoms with Crippen molar-refractivity contribution >= 4 is 5.69 Å². The first-order chi connectivity index (χ1) is 12.8. The number of nitriles is 1. The second-order valence-corrected chi connectivity index (χ2v) is 7.31. The van der Waals surface area contributed by atoms with Gasteiger partial charge in [0.25, 0.3) is 5.69 Å². The van der Waals surface area contributed by atoms with Crippen molar-refractivity contribution in [2.45, 2.75) is 26.2 Å². The maximum atomic E-state index is 10.9. The number of nitrogens with zero attached hydrogens (tertiary/aromatic N) is 3. The smallest absolute Gasteiger partial charge is 0.258 e. The quantitative estimate of drug-likeness (QED) is 0.458. The van der Waals surface area contributed by atoms with Crippen LogP contribution in [0.4, 0.5) is 5.69 Å². The van der Waals surface area contributed by atoms with Crippen molar-refractivity contribution in [1.29, 1.82) is 5.26 Å². The molecule has 0 aliphatic carbocycles. The molecule has 5 nitrogen and oxygen atoms in total. The molecule has 0 amide bonds. The Morgan fingerprint density at radius 3 is 2.15 bits per heavy atom. The maximum Gasteiger partial charge on any atom is 0.269 e. The van der Waals surface area contributed by atoms with Gasteiger partial charge in [-0.05, 0) is 23.8 Å². The predicted octanol–water partition coefficient (Wildman–Crippen LogP) is 5.49. The summed E-state index contributed by atoms with van der Waals surface area (Å²) >= 11 is 0. The highest BCUT2D eigenvalue weighted by atomic mass is 16.6. The molecule has 0 aliphatic rings. The minimum Gasteiger partial charge on any atom is -0.258 e. The standard InChI is InChI=1S/C22H19N3O2/c1-22(2,3)21-19(14-23)18(15-9-11-17(12-10-15)25(26)27)13-20(24-21)16-7-5-4-6-8-16/h4-13H,1-3H3. The third-order valence-corrected chi connectivity index (χ3v) is 4.30. The van der Waals surface area contributed by atoms with Crippen molar-refractivity contribution in [3.8, 4) is 28.5 Å². The molecule has 0 bridgehead atoms. The Balaban J connectivity index is 2.28. The van der Waals surface area contributed by atoms with Crippen LogP contribution >= 0.6 is 0 Å². The number of rotatable bonds is 3. The summed E-state index contributed by atoms with van der Waals surface area (Å²) < 4.78 is 0. The third-order valence-electron chi connectivity index (χ3n) is 4.30. The van der Waals surface area contributed by atoms with E-state index in [1.807, 2.05) is 57.2 Å². The summed E-state index contributed by atoms with van der Waals surface area (Å²) in [5, 5.41) is 20.8. The van der Waals surface area contributed by atoms with Gasteiger partial charge in [0.15, 0.2) is 0 Å². The van der Waals surface area contributed by atoms with Crippen molar-refractivity contribution in [1.82, 2.24) is 4.98 Å². The molecule has 0 fully saturated rings. The number of hydrogen-bond donors (Lipinski definition) is 0. The summed E-state index contributed by atoms with van der Waals surface area (Å²) in [4.78, 5) is 15.3. The first kappa shape index (κ1) is 18.3. The number of nitro benzene ring substituents is 1. The average Bonchev–Trinajstić information content (AvgIpc) is 2.67. The highest BCUT2D eigenvalue weighted by molar-refractivity contribution is 5.77. The van der Waals surface area contributed by atoms with Crippen molar-refractivity contribution in [3.63, 3.8) is 0 Å². The lowest BCUT2D eigenvalue weighted by atomic mass is 9.85. The summed E-state index contributed by atoms with van der Waals surface area (Å²) in [5.41, 5.74) is 4.10. The Hall–Kier alpha value is -3.52. The zero-order valence-corrected chi connectivity index (χ0v) is 15.4. The maximum absolute atomic E-state index is 10.9. The highest BCUT2D eigenvalue weighted by Gasteiger charge is 2.24. The third kappa shape index (κ3) is 3.70. The van der Waals surface area contributed by atoms with Crippen molar-refractivity contribution in [2.24, 2.45) is 0 Å². The number of non-ortho nitro benzene ring substituents is 1. The van der Waals surface area contributed by atoms with E-state index in [1.165, 1.54) is 12.1 Å². The molecule has 0 aliphatic heterocycles. The topological polar surface area (TPSA) is 79.8 Å². The van der Waals surface area contributed by atoms with Gasteiger partial charge in [-0.1, -0.05) is 51.1 Å². The summed E-state index contributed by atoms with van der Waals surface area (Å²) in [6.07, 6.45) is 0. The predicted molar refractivity (Wildman–Crippen MR) is 105 cm³/mol. The van der Waals surface area contributed by atoms with Crippen LogP contribution in [0.1, 0.15) is 32.0 Å². The Kier molecular flexibility index (Phi) is 4.74. The van der Waals surface area contributed by atoms with Crippen molar-refractivity contribution < 1.29 is 4.92 Å². The lowest BCUT2D eigenvalue weighted by Crippen LogP contribution is -2.17. The molecular formula is C22H19N3O2. The van der Waals surface area contributed by atoms with Crippen molar-refractivity contribution in [3.05, 3.63) is 82.0 Å². The number of pyridine rings is 1. The van der Waals surface area contributed by atoms with E-state index in [0.717, 1.165) is 22.4 Å². The molecular weight excluding hydrogens is 338 g/mol. The Bertz CT molecular complexity index is 1030. The lowest BCUT2D eigenvalue weighted by molar-refractivity contribution is -0.384. The molecule has 0 spiro atoms. The summed E-state index contributed by atoms with van der Waals surface area (Å²) in [5.74, 6) is 0. The number of benzene rings is 2. The minimum atomic E-state index is -0.433. The van der Waals surface area contributed by atoms with Crippen LogP contribution in [0.25, 0.3) is 22.4 Å². The van der Waals surface area contributed by atoms with Gasteiger partial charge < -0.3 is 0 Å². The molecule has 1 heterocycles. The van der Waals surface area contributed by atoms with Gasteiger partial charge in [-0.2, -0.15) is 5.26 Å². The number of hydrogen-bond acceptors (Lipinski definition) is 4. The largest absolute Gasteiger partial charge is 0.269 e. The summed E-state index contributed by atoms with van der Waals surface area (Å²) in [6.45, 7) is 6.06. The van der Waals surface area contributed by atoms with E-state index >= 15 is 0 Å². The minimum absolute atomic E-state index is 0.0191. The van der Waals surface area contributed by atoms with E-state index in [4.69, 9.17) is 4.98 Å². The van der Waals surface area contributed by atoms with Crippen LogP contribution in [0.2, 0.25) is 0 Å². The first-order valence-electron chi connectivity index (χ1n) is 8.57. The molecule has 1 aromatic heterocycles. The summed E-state index contributed by atoms with van der Waals surface area (Å²) in [6, 6.07) is 20.2. The fraction of sp³-hybridized carbons (Fsp3) is 0.182. The van der Waals surface area contributed by atoms with Gasteiger partial charge >= 0.3 is 0 Å². The SMILES string of the molecule is CC(C)(C)c1nc(-c2ccccc2)cc(-c2ccc([N+](=O)[O-])cc2)c1C#N. The molecule has 5 heteroatoms. The molecule has 0 atom stereocenters. The molecule has 0 saturated heterocycles. The lowest BCUT2D eigenvalue weighted by Gasteiger charge is -2.22. The van der Waals surface area contributed by atoms with Crippen LogP contribution in [0.5, 0.6) is 0 Å². The van der Waals surface area contributed by atoms with E-state index in [2.05, 4.69) is 6.07 Å². The van der Waals surface area contributed by atoms with Crippen molar-refractivity contribution in [2.75, 3.05) is 0 Å². The van der Waals surface area contributed by atoms with E-state index in [1.54, 1.807) is 12.1 Å². The van der Waals surface area contributed by atoms with Crippen LogP contribution in [0.3, 0.4) is 0 Å². The van der Waals surface area contributed by atoms with E-state index in [0.29, 0.717) is 11.3 Å². The molecule has 0 N–H and O–H groups in total. The highest BCUT2D eigenvalue weighted by Crippen LogP contribution is 2.35. The van der Waals surface area contributed by atoms with Gasteiger partial charge in [-0.15, -0.1) is 0 Å². The monoisotopic (exact) mass is 357 g/mol. The fourth-order valence-corrected chi connectivity index (χ4v) is 2.95. The van der Waals surface area contributed by atoms with E-state index < -0.39 is 4.92 Å².